The van der Waals surface area contributed by atoms with Crippen LogP contribution in [0.1, 0.15) is 25.2 Å². The molecule has 0 saturated carbocycles. The van der Waals surface area contributed by atoms with Crippen molar-refractivity contribution in [2.24, 2.45) is 5.92 Å². The van der Waals surface area contributed by atoms with Crippen LogP contribution in [0.4, 0.5) is 0 Å². The van der Waals surface area contributed by atoms with Crippen molar-refractivity contribution in [3.63, 3.8) is 0 Å². The minimum atomic E-state index is 0.138. The Bertz CT molecular complexity index is 268. The predicted octanol–water partition coefficient (Wildman–Crippen LogP) is 1.69. The quantitative estimate of drug-likeness (QED) is 0.755. The van der Waals surface area contributed by atoms with Crippen molar-refractivity contribution in [3.8, 4) is 0 Å². The SMILES string of the molecule is Cc1ccoc1CNC(CO)C(C)C. The Labute approximate surface area is 85.1 Å². The highest BCUT2D eigenvalue weighted by Crippen LogP contribution is 2.09. The summed E-state index contributed by atoms with van der Waals surface area (Å²) >= 11 is 0. The molecular formula is C11H19NO2. The Morgan fingerprint density at radius 3 is 2.64 bits per heavy atom. The molecule has 1 aromatic heterocycles. The average molecular weight is 197 g/mol. The van der Waals surface area contributed by atoms with E-state index in [-0.39, 0.29) is 12.6 Å². The summed E-state index contributed by atoms with van der Waals surface area (Å²) < 4.78 is 5.29. The molecule has 1 atom stereocenters. The van der Waals surface area contributed by atoms with Crippen molar-refractivity contribution in [2.75, 3.05) is 6.61 Å². The van der Waals surface area contributed by atoms with Crippen molar-refractivity contribution in [3.05, 3.63) is 23.7 Å². The Morgan fingerprint density at radius 1 is 1.50 bits per heavy atom. The van der Waals surface area contributed by atoms with E-state index in [1.807, 2.05) is 13.0 Å². The van der Waals surface area contributed by atoms with Gasteiger partial charge in [-0.05, 0) is 24.5 Å². The van der Waals surface area contributed by atoms with Gasteiger partial charge in [0.25, 0.3) is 0 Å². The minimum absolute atomic E-state index is 0.138. The number of aliphatic hydroxyl groups is 1. The molecule has 1 rings (SSSR count). The molecule has 0 aliphatic heterocycles. The van der Waals surface area contributed by atoms with Crippen molar-refractivity contribution in [1.29, 1.82) is 0 Å². The molecule has 1 unspecified atom stereocenters. The highest BCUT2D eigenvalue weighted by Gasteiger charge is 2.12. The summed E-state index contributed by atoms with van der Waals surface area (Å²) in [6.45, 7) is 7.04. The lowest BCUT2D eigenvalue weighted by Crippen LogP contribution is -2.36. The first-order valence-corrected chi connectivity index (χ1v) is 5.02. The molecule has 14 heavy (non-hydrogen) atoms. The van der Waals surface area contributed by atoms with Gasteiger partial charge in [-0.25, -0.2) is 0 Å². The fraction of sp³-hybridized carbons (Fsp3) is 0.636. The largest absolute Gasteiger partial charge is 0.468 e. The normalized spacial score (nSPS) is 13.5. The van der Waals surface area contributed by atoms with E-state index in [1.54, 1.807) is 6.26 Å². The van der Waals surface area contributed by atoms with Gasteiger partial charge in [0.2, 0.25) is 0 Å². The topological polar surface area (TPSA) is 45.4 Å². The maximum absolute atomic E-state index is 9.10. The number of rotatable bonds is 5. The van der Waals surface area contributed by atoms with Crippen molar-refractivity contribution < 1.29 is 9.52 Å². The number of aryl methyl sites for hydroxylation is 1. The summed E-state index contributed by atoms with van der Waals surface area (Å²) in [5, 5.41) is 12.4. The van der Waals surface area contributed by atoms with Gasteiger partial charge in [-0.15, -0.1) is 0 Å². The third-order valence-electron chi connectivity index (χ3n) is 2.49. The van der Waals surface area contributed by atoms with E-state index in [4.69, 9.17) is 9.52 Å². The van der Waals surface area contributed by atoms with Gasteiger partial charge in [0, 0.05) is 6.04 Å². The molecule has 1 aromatic rings. The monoisotopic (exact) mass is 197 g/mol. The van der Waals surface area contributed by atoms with E-state index in [9.17, 15) is 0 Å². The first-order valence-electron chi connectivity index (χ1n) is 5.02. The minimum Gasteiger partial charge on any atom is -0.468 e. The Morgan fingerprint density at radius 2 is 2.21 bits per heavy atom. The summed E-state index contributed by atoms with van der Waals surface area (Å²) in [5.74, 6) is 1.37. The van der Waals surface area contributed by atoms with Crippen LogP contribution >= 0.6 is 0 Å². The van der Waals surface area contributed by atoms with E-state index < -0.39 is 0 Å². The lowest BCUT2D eigenvalue weighted by Gasteiger charge is -2.19. The number of nitrogens with one attached hydrogen (secondary N) is 1. The van der Waals surface area contributed by atoms with Crippen LogP contribution in [0.3, 0.4) is 0 Å². The third kappa shape index (κ3) is 2.86. The molecule has 3 heteroatoms. The molecule has 1 heterocycles. The van der Waals surface area contributed by atoms with Gasteiger partial charge in [-0.3, -0.25) is 0 Å². The Hall–Kier alpha value is -0.800. The van der Waals surface area contributed by atoms with Gasteiger partial charge < -0.3 is 14.8 Å². The van der Waals surface area contributed by atoms with Gasteiger partial charge in [-0.2, -0.15) is 0 Å². The molecule has 0 saturated heterocycles. The van der Waals surface area contributed by atoms with Gasteiger partial charge in [0.05, 0.1) is 19.4 Å². The first-order chi connectivity index (χ1) is 6.65. The zero-order valence-corrected chi connectivity index (χ0v) is 9.08. The number of furan rings is 1. The number of hydrogen-bond acceptors (Lipinski definition) is 3. The molecule has 0 spiro atoms. The summed E-state index contributed by atoms with van der Waals surface area (Å²) in [6, 6.07) is 2.08. The van der Waals surface area contributed by atoms with Crippen LogP contribution in [0.15, 0.2) is 16.7 Å². The molecular weight excluding hydrogens is 178 g/mol. The molecule has 0 radical (unpaired) electrons. The van der Waals surface area contributed by atoms with E-state index >= 15 is 0 Å². The average Bonchev–Trinajstić information content (AvgIpc) is 2.52. The lowest BCUT2D eigenvalue weighted by atomic mass is 10.1. The van der Waals surface area contributed by atoms with E-state index in [0.29, 0.717) is 12.5 Å². The van der Waals surface area contributed by atoms with Gasteiger partial charge >= 0.3 is 0 Å². The zero-order chi connectivity index (χ0) is 10.6. The highest BCUT2D eigenvalue weighted by molar-refractivity contribution is 5.14. The van der Waals surface area contributed by atoms with Crippen molar-refractivity contribution in [2.45, 2.75) is 33.4 Å². The van der Waals surface area contributed by atoms with Crippen LogP contribution in [0, 0.1) is 12.8 Å². The molecule has 0 aliphatic rings. The van der Waals surface area contributed by atoms with Crippen LogP contribution in [-0.2, 0) is 6.54 Å². The Balaban J connectivity index is 2.43. The van der Waals surface area contributed by atoms with Crippen molar-refractivity contribution >= 4 is 0 Å². The standard InChI is InChI=1S/C11H19NO2/c1-8(2)10(7-13)12-6-11-9(3)4-5-14-11/h4-5,8,10,12-13H,6-7H2,1-3H3. The highest BCUT2D eigenvalue weighted by atomic mass is 16.3. The smallest absolute Gasteiger partial charge is 0.120 e. The summed E-state index contributed by atoms with van der Waals surface area (Å²) in [7, 11) is 0. The summed E-state index contributed by atoms with van der Waals surface area (Å²) in [6.07, 6.45) is 1.69. The van der Waals surface area contributed by atoms with Crippen LogP contribution in [-0.4, -0.2) is 17.8 Å². The third-order valence-corrected chi connectivity index (χ3v) is 2.49. The second-order valence-corrected chi connectivity index (χ2v) is 3.94. The maximum atomic E-state index is 9.10. The van der Waals surface area contributed by atoms with Crippen molar-refractivity contribution in [1.82, 2.24) is 5.32 Å². The van der Waals surface area contributed by atoms with Gasteiger partial charge in [0.1, 0.15) is 5.76 Å². The molecule has 0 amide bonds. The molecule has 80 valence electrons. The molecule has 0 aromatic carbocycles. The van der Waals surface area contributed by atoms with E-state index in [0.717, 1.165) is 11.3 Å². The van der Waals surface area contributed by atoms with Crippen LogP contribution < -0.4 is 5.32 Å². The van der Waals surface area contributed by atoms with E-state index in [1.165, 1.54) is 0 Å². The fourth-order valence-corrected chi connectivity index (χ4v) is 1.32. The number of hydrogen-bond donors (Lipinski definition) is 2. The van der Waals surface area contributed by atoms with Gasteiger partial charge in [-0.1, -0.05) is 13.8 Å². The molecule has 3 nitrogen and oxygen atoms in total. The van der Waals surface area contributed by atoms with Gasteiger partial charge in [0.15, 0.2) is 0 Å². The lowest BCUT2D eigenvalue weighted by molar-refractivity contribution is 0.207. The number of aliphatic hydroxyl groups excluding tert-OH is 1. The molecule has 0 bridgehead atoms. The van der Waals surface area contributed by atoms with Crippen LogP contribution in [0.2, 0.25) is 0 Å². The summed E-state index contributed by atoms with van der Waals surface area (Å²) in [5.41, 5.74) is 1.15. The fourth-order valence-electron chi connectivity index (χ4n) is 1.32. The first kappa shape index (κ1) is 11.3. The maximum Gasteiger partial charge on any atom is 0.120 e. The van der Waals surface area contributed by atoms with E-state index in [2.05, 4.69) is 19.2 Å². The van der Waals surface area contributed by atoms with Crippen LogP contribution in [0.25, 0.3) is 0 Å². The second-order valence-electron chi connectivity index (χ2n) is 3.94. The predicted molar refractivity (Wildman–Crippen MR) is 56.0 cm³/mol. The molecule has 2 N–H and O–H groups in total. The molecule has 0 fully saturated rings. The molecule has 0 aliphatic carbocycles. The second kappa shape index (κ2) is 5.17. The zero-order valence-electron chi connectivity index (χ0n) is 9.08. The summed E-state index contributed by atoms with van der Waals surface area (Å²) in [4.78, 5) is 0. The van der Waals surface area contributed by atoms with Crippen LogP contribution in [0.5, 0.6) is 0 Å². The Kier molecular flexibility index (Phi) is 4.17.